The highest BCUT2D eigenvalue weighted by atomic mass is 16.5. The molecule has 1 aliphatic heterocycles. The Morgan fingerprint density at radius 1 is 1.20 bits per heavy atom. The highest BCUT2D eigenvalue weighted by molar-refractivity contribution is 5.81. The first-order valence-electron chi connectivity index (χ1n) is 7.14. The molecule has 0 spiro atoms. The molecular weight excluding hydrogens is 252 g/mol. The fraction of sp³-hybridized carbons (Fsp3) is 0.529. The van der Waals surface area contributed by atoms with Crippen molar-refractivity contribution in [1.29, 1.82) is 0 Å². The molecule has 1 saturated heterocycles. The molecule has 0 bridgehead atoms. The Morgan fingerprint density at radius 3 is 2.55 bits per heavy atom. The number of furan rings is 1. The van der Waals surface area contributed by atoms with Gasteiger partial charge < -0.3 is 14.3 Å². The van der Waals surface area contributed by atoms with E-state index in [2.05, 4.69) is 27.7 Å². The van der Waals surface area contributed by atoms with E-state index in [1.165, 1.54) is 0 Å². The van der Waals surface area contributed by atoms with Gasteiger partial charge in [-0.05, 0) is 40.2 Å². The first kappa shape index (κ1) is 13.7. The summed E-state index contributed by atoms with van der Waals surface area (Å²) in [6.07, 6.45) is 1.94. The lowest BCUT2D eigenvalue weighted by molar-refractivity contribution is -0.0879. The molecule has 2 unspecified atom stereocenters. The smallest absolute Gasteiger partial charge is 0.134 e. The Labute approximate surface area is 119 Å². The van der Waals surface area contributed by atoms with E-state index in [1.807, 2.05) is 24.3 Å². The molecule has 3 heteroatoms. The van der Waals surface area contributed by atoms with Crippen molar-refractivity contribution in [3.63, 3.8) is 0 Å². The number of hydrogen-bond donors (Lipinski definition) is 1. The lowest BCUT2D eigenvalue weighted by atomic mass is 9.80. The van der Waals surface area contributed by atoms with E-state index < -0.39 is 6.10 Å². The van der Waals surface area contributed by atoms with Gasteiger partial charge in [0, 0.05) is 16.9 Å². The zero-order chi connectivity index (χ0) is 14.5. The minimum atomic E-state index is -0.574. The normalized spacial score (nSPS) is 25.9. The van der Waals surface area contributed by atoms with E-state index in [9.17, 15) is 5.11 Å². The largest absolute Gasteiger partial charge is 0.464 e. The number of rotatable bonds is 2. The molecule has 1 aromatic heterocycles. The number of benzene rings is 1. The van der Waals surface area contributed by atoms with Gasteiger partial charge in [0.1, 0.15) is 5.58 Å². The molecule has 0 radical (unpaired) electrons. The van der Waals surface area contributed by atoms with E-state index >= 15 is 0 Å². The number of aliphatic hydroxyl groups excluding tert-OH is 1. The maximum atomic E-state index is 10.8. The van der Waals surface area contributed by atoms with Crippen LogP contribution in [0.1, 0.15) is 45.8 Å². The van der Waals surface area contributed by atoms with Crippen LogP contribution in [-0.4, -0.2) is 16.3 Å². The molecule has 0 amide bonds. The van der Waals surface area contributed by atoms with Gasteiger partial charge in [0.15, 0.2) is 0 Å². The van der Waals surface area contributed by atoms with Crippen molar-refractivity contribution in [3.05, 3.63) is 36.1 Å². The van der Waals surface area contributed by atoms with Crippen LogP contribution in [0.25, 0.3) is 11.0 Å². The summed E-state index contributed by atoms with van der Waals surface area (Å²) in [4.78, 5) is 0. The van der Waals surface area contributed by atoms with Crippen LogP contribution < -0.4 is 0 Å². The highest BCUT2D eigenvalue weighted by Gasteiger charge is 2.49. The van der Waals surface area contributed by atoms with E-state index in [1.54, 1.807) is 6.26 Å². The Morgan fingerprint density at radius 2 is 1.90 bits per heavy atom. The number of ether oxygens (including phenoxy) is 1. The van der Waals surface area contributed by atoms with Crippen molar-refractivity contribution in [3.8, 4) is 0 Å². The SMILES string of the molecule is CC1(C)CC(C(O)c2coc3ccccc23)C(C)(C)O1. The summed E-state index contributed by atoms with van der Waals surface area (Å²) in [5.74, 6) is 0.0542. The van der Waals surface area contributed by atoms with E-state index in [-0.39, 0.29) is 17.1 Å². The summed E-state index contributed by atoms with van der Waals surface area (Å²) in [5.41, 5.74) is 1.13. The van der Waals surface area contributed by atoms with Crippen LogP contribution in [0.2, 0.25) is 0 Å². The monoisotopic (exact) mass is 274 g/mol. The summed E-state index contributed by atoms with van der Waals surface area (Å²) in [6, 6.07) is 7.82. The van der Waals surface area contributed by atoms with Crippen LogP contribution in [0.4, 0.5) is 0 Å². The zero-order valence-corrected chi connectivity index (χ0v) is 12.5. The number of fused-ring (bicyclic) bond motifs is 1. The number of hydrogen-bond acceptors (Lipinski definition) is 3. The van der Waals surface area contributed by atoms with Gasteiger partial charge in [-0.15, -0.1) is 0 Å². The Bertz CT molecular complexity index is 624. The maximum absolute atomic E-state index is 10.8. The molecule has 1 N–H and O–H groups in total. The molecule has 2 atom stereocenters. The van der Waals surface area contributed by atoms with Crippen molar-refractivity contribution >= 4 is 11.0 Å². The van der Waals surface area contributed by atoms with Crippen molar-refractivity contribution < 1.29 is 14.3 Å². The van der Waals surface area contributed by atoms with Crippen LogP contribution in [0.5, 0.6) is 0 Å². The Kier molecular flexibility index (Phi) is 2.96. The van der Waals surface area contributed by atoms with E-state index in [4.69, 9.17) is 9.15 Å². The maximum Gasteiger partial charge on any atom is 0.134 e. The standard InChI is InChI=1S/C17H22O3/c1-16(2)9-13(17(3,4)20-16)15(18)12-10-19-14-8-6-5-7-11(12)14/h5-8,10,13,15,18H,9H2,1-4H3. The average Bonchev–Trinajstić information content (AvgIpc) is 2.86. The second kappa shape index (κ2) is 4.34. The molecule has 3 rings (SSSR count). The van der Waals surface area contributed by atoms with Crippen LogP contribution in [0.15, 0.2) is 34.9 Å². The summed E-state index contributed by atoms with van der Waals surface area (Å²) < 4.78 is 11.6. The quantitative estimate of drug-likeness (QED) is 0.898. The van der Waals surface area contributed by atoms with E-state index in [0.717, 1.165) is 23.0 Å². The van der Waals surface area contributed by atoms with E-state index in [0.29, 0.717) is 0 Å². The van der Waals surface area contributed by atoms with Crippen LogP contribution >= 0.6 is 0 Å². The summed E-state index contributed by atoms with van der Waals surface area (Å²) in [5, 5.41) is 11.8. The molecule has 1 fully saturated rings. The molecule has 2 heterocycles. The molecule has 20 heavy (non-hydrogen) atoms. The first-order chi connectivity index (χ1) is 9.30. The third-order valence-electron chi connectivity index (χ3n) is 4.35. The highest BCUT2D eigenvalue weighted by Crippen LogP contribution is 2.48. The van der Waals surface area contributed by atoms with Gasteiger partial charge in [0.05, 0.1) is 23.6 Å². The molecule has 0 aliphatic carbocycles. The molecule has 1 aliphatic rings. The number of para-hydroxylation sites is 1. The van der Waals surface area contributed by atoms with Gasteiger partial charge in [-0.25, -0.2) is 0 Å². The summed E-state index contributed by atoms with van der Waals surface area (Å²) in [6.45, 7) is 8.26. The van der Waals surface area contributed by atoms with Gasteiger partial charge >= 0.3 is 0 Å². The van der Waals surface area contributed by atoms with Crippen molar-refractivity contribution in [2.45, 2.75) is 51.4 Å². The fourth-order valence-electron chi connectivity index (χ4n) is 3.54. The molecule has 2 aromatic rings. The first-order valence-corrected chi connectivity index (χ1v) is 7.14. The molecular formula is C17H22O3. The number of aliphatic hydroxyl groups is 1. The van der Waals surface area contributed by atoms with Gasteiger partial charge in [-0.1, -0.05) is 18.2 Å². The zero-order valence-electron chi connectivity index (χ0n) is 12.5. The lowest BCUT2D eigenvalue weighted by Gasteiger charge is -2.30. The minimum Gasteiger partial charge on any atom is -0.464 e. The fourth-order valence-corrected chi connectivity index (χ4v) is 3.54. The molecule has 108 valence electrons. The molecule has 0 saturated carbocycles. The third-order valence-corrected chi connectivity index (χ3v) is 4.35. The van der Waals surface area contributed by atoms with Gasteiger partial charge in [0.25, 0.3) is 0 Å². The lowest BCUT2D eigenvalue weighted by Crippen LogP contribution is -2.32. The Balaban J connectivity index is 1.98. The van der Waals surface area contributed by atoms with Crippen LogP contribution in [0, 0.1) is 5.92 Å². The second-order valence-electron chi connectivity index (χ2n) is 6.91. The predicted octanol–water partition coefficient (Wildman–Crippen LogP) is 4.06. The van der Waals surface area contributed by atoms with Gasteiger partial charge in [-0.3, -0.25) is 0 Å². The predicted molar refractivity (Wildman–Crippen MR) is 78.5 cm³/mol. The average molecular weight is 274 g/mol. The second-order valence-corrected chi connectivity index (χ2v) is 6.91. The topological polar surface area (TPSA) is 42.6 Å². The van der Waals surface area contributed by atoms with Crippen molar-refractivity contribution in [2.24, 2.45) is 5.92 Å². The minimum absolute atomic E-state index is 0.0542. The summed E-state index contributed by atoms with van der Waals surface area (Å²) >= 11 is 0. The van der Waals surface area contributed by atoms with Gasteiger partial charge in [0.2, 0.25) is 0 Å². The van der Waals surface area contributed by atoms with Crippen molar-refractivity contribution in [1.82, 2.24) is 0 Å². The van der Waals surface area contributed by atoms with Crippen LogP contribution in [0.3, 0.4) is 0 Å². The molecule has 3 nitrogen and oxygen atoms in total. The van der Waals surface area contributed by atoms with Gasteiger partial charge in [-0.2, -0.15) is 0 Å². The van der Waals surface area contributed by atoms with Crippen LogP contribution in [-0.2, 0) is 4.74 Å². The Hall–Kier alpha value is -1.32. The third kappa shape index (κ3) is 2.15. The summed E-state index contributed by atoms with van der Waals surface area (Å²) in [7, 11) is 0. The van der Waals surface area contributed by atoms with Crippen molar-refractivity contribution in [2.75, 3.05) is 0 Å². The molecule has 1 aromatic carbocycles.